The second-order valence-corrected chi connectivity index (χ2v) is 9.88. The highest BCUT2D eigenvalue weighted by Crippen LogP contribution is 2.44. The van der Waals surface area contributed by atoms with E-state index in [-0.39, 0.29) is 5.41 Å². The summed E-state index contributed by atoms with van der Waals surface area (Å²) in [6, 6.07) is 12.3. The van der Waals surface area contributed by atoms with Crippen LogP contribution in [-0.4, -0.2) is 44.5 Å². The summed E-state index contributed by atoms with van der Waals surface area (Å²) in [5.74, 6) is 2.87. The highest BCUT2D eigenvalue weighted by molar-refractivity contribution is 5.88. The molecular weight excluding hydrogens is 414 g/mol. The average Bonchev–Trinajstić information content (AvgIpc) is 2.98. The van der Waals surface area contributed by atoms with Crippen LogP contribution in [0.25, 0.3) is 5.57 Å². The van der Waals surface area contributed by atoms with Crippen LogP contribution in [0.1, 0.15) is 56.7 Å². The Morgan fingerprint density at radius 3 is 2.45 bits per heavy atom. The van der Waals surface area contributed by atoms with Gasteiger partial charge in [-0.3, -0.25) is 4.79 Å². The van der Waals surface area contributed by atoms with Gasteiger partial charge in [0.25, 0.3) is 0 Å². The van der Waals surface area contributed by atoms with E-state index in [1.54, 1.807) is 14.2 Å². The van der Waals surface area contributed by atoms with Crippen molar-refractivity contribution >= 4 is 11.4 Å². The number of piperidine rings is 1. The Balaban J connectivity index is 1.67. The number of fused-ring (bicyclic) bond motifs is 2. The SMILES string of the molecule is COc1ccc2c(c1)C(=C1CCN(CCC(=O)C(C)(C)C)CC1)c1cccc(OC)c1CO2. The first-order valence-corrected chi connectivity index (χ1v) is 11.8. The third-order valence-corrected chi connectivity index (χ3v) is 6.76. The number of rotatable bonds is 5. The fraction of sp³-hybridized carbons (Fsp3) is 0.464. The van der Waals surface area contributed by atoms with Crippen molar-refractivity contribution in [1.29, 1.82) is 0 Å². The van der Waals surface area contributed by atoms with Crippen LogP contribution in [0.2, 0.25) is 0 Å². The van der Waals surface area contributed by atoms with E-state index >= 15 is 0 Å². The van der Waals surface area contributed by atoms with Crippen LogP contribution in [0.3, 0.4) is 0 Å². The molecule has 176 valence electrons. The molecule has 2 heterocycles. The molecule has 0 N–H and O–H groups in total. The molecular formula is C28H35NO4. The Labute approximate surface area is 197 Å². The van der Waals surface area contributed by atoms with Gasteiger partial charge >= 0.3 is 0 Å². The Hall–Kier alpha value is -2.79. The maximum Gasteiger partial charge on any atom is 0.139 e. The first kappa shape index (κ1) is 23.4. The van der Waals surface area contributed by atoms with E-state index in [1.807, 2.05) is 39.0 Å². The van der Waals surface area contributed by atoms with Crippen molar-refractivity contribution in [2.75, 3.05) is 33.9 Å². The molecule has 0 aromatic heterocycles. The third-order valence-electron chi connectivity index (χ3n) is 6.76. The van der Waals surface area contributed by atoms with Gasteiger partial charge in [0.1, 0.15) is 29.6 Å². The number of hydrogen-bond acceptors (Lipinski definition) is 5. The van der Waals surface area contributed by atoms with Gasteiger partial charge in [-0.15, -0.1) is 0 Å². The van der Waals surface area contributed by atoms with Gasteiger partial charge in [0.2, 0.25) is 0 Å². The molecule has 0 radical (unpaired) electrons. The van der Waals surface area contributed by atoms with E-state index in [2.05, 4.69) is 23.1 Å². The fourth-order valence-corrected chi connectivity index (χ4v) is 4.70. The predicted molar refractivity (Wildman–Crippen MR) is 131 cm³/mol. The molecule has 1 fully saturated rings. The van der Waals surface area contributed by atoms with E-state index < -0.39 is 0 Å². The lowest BCUT2D eigenvalue weighted by molar-refractivity contribution is -0.126. The van der Waals surface area contributed by atoms with E-state index in [1.165, 1.54) is 16.7 Å². The number of hydrogen-bond donors (Lipinski definition) is 0. The quantitative estimate of drug-likeness (QED) is 0.603. The molecule has 4 rings (SSSR count). The van der Waals surface area contributed by atoms with Crippen LogP contribution < -0.4 is 14.2 Å². The Morgan fingerprint density at radius 1 is 1.03 bits per heavy atom. The molecule has 0 bridgehead atoms. The molecule has 2 aromatic carbocycles. The molecule has 2 aliphatic heterocycles. The van der Waals surface area contributed by atoms with Crippen LogP contribution in [0.4, 0.5) is 0 Å². The number of ether oxygens (including phenoxy) is 3. The van der Waals surface area contributed by atoms with E-state index in [9.17, 15) is 4.79 Å². The number of methoxy groups -OCH3 is 2. The minimum Gasteiger partial charge on any atom is -0.497 e. The zero-order valence-electron chi connectivity index (χ0n) is 20.5. The van der Waals surface area contributed by atoms with Gasteiger partial charge in [0.05, 0.1) is 14.2 Å². The summed E-state index contributed by atoms with van der Waals surface area (Å²) in [7, 11) is 3.40. The molecule has 0 unspecified atom stereocenters. The van der Waals surface area contributed by atoms with Crippen LogP contribution in [0, 0.1) is 5.41 Å². The molecule has 1 saturated heterocycles. The highest BCUT2D eigenvalue weighted by atomic mass is 16.5. The maximum absolute atomic E-state index is 12.4. The lowest BCUT2D eigenvalue weighted by atomic mass is 9.86. The standard InChI is InChI=1S/C28H35NO4/c1-28(2,3)26(30)13-16-29-14-11-19(12-15-29)27-21-7-6-8-24(32-5)23(21)18-33-25-10-9-20(31-4)17-22(25)27/h6-10,17H,11-16,18H2,1-5H3. The predicted octanol–water partition coefficient (Wildman–Crippen LogP) is 5.50. The number of carbonyl (C=O) groups is 1. The van der Waals surface area contributed by atoms with Gasteiger partial charge in [-0.1, -0.05) is 38.5 Å². The van der Waals surface area contributed by atoms with Gasteiger partial charge in [0, 0.05) is 42.6 Å². The van der Waals surface area contributed by atoms with Crippen molar-refractivity contribution in [3.8, 4) is 17.2 Å². The Bertz CT molecular complexity index is 1050. The van der Waals surface area contributed by atoms with Crippen molar-refractivity contribution in [3.63, 3.8) is 0 Å². The van der Waals surface area contributed by atoms with Crippen LogP contribution in [-0.2, 0) is 11.4 Å². The van der Waals surface area contributed by atoms with Gasteiger partial charge in [0.15, 0.2) is 0 Å². The Kier molecular flexibility index (Phi) is 6.80. The second kappa shape index (κ2) is 9.60. The summed E-state index contributed by atoms with van der Waals surface area (Å²) >= 11 is 0. The van der Waals surface area contributed by atoms with E-state index in [0.717, 1.165) is 60.9 Å². The number of ketones is 1. The van der Waals surface area contributed by atoms with Crippen molar-refractivity contribution < 1.29 is 19.0 Å². The summed E-state index contributed by atoms with van der Waals surface area (Å²) in [5, 5.41) is 0. The highest BCUT2D eigenvalue weighted by Gasteiger charge is 2.28. The van der Waals surface area contributed by atoms with Crippen molar-refractivity contribution in [2.45, 2.75) is 46.6 Å². The number of nitrogens with zero attached hydrogens (tertiary/aromatic N) is 1. The molecule has 0 atom stereocenters. The molecule has 0 amide bonds. The maximum atomic E-state index is 12.4. The average molecular weight is 450 g/mol. The van der Waals surface area contributed by atoms with E-state index in [4.69, 9.17) is 14.2 Å². The van der Waals surface area contributed by atoms with Gasteiger partial charge in [-0.05, 0) is 48.2 Å². The minimum absolute atomic E-state index is 0.269. The third kappa shape index (κ3) is 4.93. The molecule has 0 saturated carbocycles. The fourth-order valence-electron chi connectivity index (χ4n) is 4.70. The van der Waals surface area contributed by atoms with Crippen molar-refractivity contribution in [2.24, 2.45) is 5.41 Å². The van der Waals surface area contributed by atoms with Gasteiger partial charge in [-0.2, -0.15) is 0 Å². The van der Waals surface area contributed by atoms with Crippen LogP contribution >= 0.6 is 0 Å². The summed E-state index contributed by atoms with van der Waals surface area (Å²) < 4.78 is 17.5. The zero-order valence-corrected chi connectivity index (χ0v) is 20.5. The molecule has 2 aromatic rings. The number of benzene rings is 2. The second-order valence-electron chi connectivity index (χ2n) is 9.88. The molecule has 33 heavy (non-hydrogen) atoms. The minimum atomic E-state index is -0.269. The summed E-state index contributed by atoms with van der Waals surface area (Å²) in [6.07, 6.45) is 2.54. The first-order chi connectivity index (χ1) is 15.8. The number of carbonyl (C=O) groups excluding carboxylic acids is 1. The zero-order chi connectivity index (χ0) is 23.6. The first-order valence-electron chi connectivity index (χ1n) is 11.8. The molecule has 0 aliphatic carbocycles. The van der Waals surface area contributed by atoms with Gasteiger partial charge < -0.3 is 19.1 Å². The topological polar surface area (TPSA) is 48.0 Å². The molecule has 0 spiro atoms. The number of Topliss-reactive ketones (excluding diaryl/α,β-unsaturated/α-hetero) is 1. The Morgan fingerprint density at radius 2 is 1.79 bits per heavy atom. The molecule has 5 nitrogen and oxygen atoms in total. The molecule has 5 heteroatoms. The summed E-state index contributed by atoms with van der Waals surface area (Å²) in [5.41, 5.74) is 5.72. The molecule has 2 aliphatic rings. The van der Waals surface area contributed by atoms with Crippen LogP contribution in [0.15, 0.2) is 42.0 Å². The van der Waals surface area contributed by atoms with E-state index in [0.29, 0.717) is 18.8 Å². The van der Waals surface area contributed by atoms with Gasteiger partial charge in [-0.25, -0.2) is 0 Å². The number of likely N-dealkylation sites (tertiary alicyclic amines) is 1. The summed E-state index contributed by atoms with van der Waals surface area (Å²) in [6.45, 7) is 9.21. The largest absolute Gasteiger partial charge is 0.497 e. The smallest absolute Gasteiger partial charge is 0.139 e. The van der Waals surface area contributed by atoms with Crippen molar-refractivity contribution in [1.82, 2.24) is 4.90 Å². The normalized spacial score (nSPS) is 16.4. The summed E-state index contributed by atoms with van der Waals surface area (Å²) in [4.78, 5) is 14.8. The monoisotopic (exact) mass is 449 g/mol. The lowest BCUT2D eigenvalue weighted by Gasteiger charge is -2.31. The van der Waals surface area contributed by atoms with Crippen LogP contribution in [0.5, 0.6) is 17.2 Å². The van der Waals surface area contributed by atoms with Crippen molar-refractivity contribution in [3.05, 3.63) is 58.7 Å². The lowest BCUT2D eigenvalue weighted by Crippen LogP contribution is -2.34.